The van der Waals surface area contributed by atoms with Gasteiger partial charge in [0.05, 0.1) is 0 Å². The van der Waals surface area contributed by atoms with Gasteiger partial charge in [-0.2, -0.15) is 0 Å². The van der Waals surface area contributed by atoms with Gasteiger partial charge in [-0.15, -0.1) is 0 Å². The standard InChI is InChI=1S/4C6H7N.Pt/c4*7-6-4-2-1-3-5-6;/h4*1-5H,7H2;. The van der Waals surface area contributed by atoms with Crippen LogP contribution < -0.4 is 22.9 Å². The normalized spacial score (nSPS) is 8.28. The van der Waals surface area contributed by atoms with E-state index in [1.165, 1.54) is 0 Å². The predicted octanol–water partition coefficient (Wildman–Crippen LogP) is 5.07. The fourth-order valence-corrected chi connectivity index (χ4v) is 1.81. The third-order valence-corrected chi connectivity index (χ3v) is 3.20. The van der Waals surface area contributed by atoms with E-state index in [0.717, 1.165) is 22.7 Å². The van der Waals surface area contributed by atoms with Gasteiger partial charge in [-0.1, -0.05) is 72.8 Å². The summed E-state index contributed by atoms with van der Waals surface area (Å²) in [6.07, 6.45) is 0. The van der Waals surface area contributed by atoms with Crippen molar-refractivity contribution >= 4 is 22.7 Å². The Labute approximate surface area is 187 Å². The minimum Gasteiger partial charge on any atom is -0.399 e. The largest absolute Gasteiger partial charge is 0.399 e. The molecule has 0 atom stereocenters. The molecule has 5 heteroatoms. The molecule has 0 bridgehead atoms. The predicted molar refractivity (Wildman–Crippen MR) is 123 cm³/mol. The van der Waals surface area contributed by atoms with Crippen LogP contribution in [0.1, 0.15) is 0 Å². The minimum atomic E-state index is 0. The molecule has 0 saturated carbocycles. The van der Waals surface area contributed by atoms with Gasteiger partial charge in [-0.25, -0.2) is 0 Å². The maximum absolute atomic E-state index is 5.36. The van der Waals surface area contributed by atoms with Gasteiger partial charge in [-0.05, 0) is 48.5 Å². The van der Waals surface area contributed by atoms with Crippen LogP contribution in [-0.2, 0) is 21.1 Å². The van der Waals surface area contributed by atoms with Crippen molar-refractivity contribution in [2.45, 2.75) is 0 Å². The number of nitrogen functional groups attached to an aromatic ring is 4. The fourth-order valence-electron chi connectivity index (χ4n) is 1.81. The molecule has 0 heterocycles. The number of nitrogens with two attached hydrogens (primary N) is 4. The number of hydrogen-bond acceptors (Lipinski definition) is 4. The summed E-state index contributed by atoms with van der Waals surface area (Å²) in [6, 6.07) is 37.9. The van der Waals surface area contributed by atoms with E-state index in [1.54, 1.807) is 0 Å². The Morgan fingerprint density at radius 2 is 0.414 bits per heavy atom. The molecule has 154 valence electrons. The average molecular weight is 568 g/mol. The SMILES string of the molecule is Nc1ccccc1.Nc1ccccc1.Nc1ccccc1.Nc1ccccc1.[Pt]. The van der Waals surface area contributed by atoms with Gasteiger partial charge < -0.3 is 22.9 Å². The van der Waals surface area contributed by atoms with Crippen LogP contribution >= 0.6 is 0 Å². The smallest absolute Gasteiger partial charge is 0.0313 e. The topological polar surface area (TPSA) is 104 Å². The Kier molecular flexibility index (Phi) is 15.0. The Morgan fingerprint density at radius 3 is 0.483 bits per heavy atom. The zero-order chi connectivity index (χ0) is 20.5. The van der Waals surface area contributed by atoms with Gasteiger partial charge in [0.2, 0.25) is 0 Å². The van der Waals surface area contributed by atoms with E-state index in [4.69, 9.17) is 22.9 Å². The molecule has 4 aromatic rings. The van der Waals surface area contributed by atoms with E-state index in [0.29, 0.717) is 0 Å². The fraction of sp³-hybridized carbons (Fsp3) is 0. The maximum Gasteiger partial charge on any atom is 0.0313 e. The molecule has 4 nitrogen and oxygen atoms in total. The number of rotatable bonds is 0. The molecule has 8 N–H and O–H groups in total. The van der Waals surface area contributed by atoms with Crippen LogP contribution in [0.2, 0.25) is 0 Å². The van der Waals surface area contributed by atoms with Crippen LogP contribution in [0.25, 0.3) is 0 Å². The molecule has 0 aliphatic heterocycles. The summed E-state index contributed by atoms with van der Waals surface area (Å²) in [5.74, 6) is 0. The molecule has 0 aromatic heterocycles. The first kappa shape index (κ1) is 25.8. The Morgan fingerprint density at radius 1 is 0.276 bits per heavy atom. The van der Waals surface area contributed by atoms with Crippen molar-refractivity contribution in [2.24, 2.45) is 0 Å². The maximum atomic E-state index is 5.36. The van der Waals surface area contributed by atoms with Crippen LogP contribution in [0.15, 0.2) is 121 Å². The second-order valence-electron chi connectivity index (χ2n) is 5.64. The summed E-state index contributed by atoms with van der Waals surface area (Å²) in [5.41, 5.74) is 24.7. The van der Waals surface area contributed by atoms with Gasteiger partial charge in [0, 0.05) is 43.8 Å². The summed E-state index contributed by atoms with van der Waals surface area (Å²) in [6.45, 7) is 0. The zero-order valence-corrected chi connectivity index (χ0v) is 18.4. The molecule has 0 amide bonds. The van der Waals surface area contributed by atoms with Crippen LogP contribution in [0.3, 0.4) is 0 Å². The monoisotopic (exact) mass is 567 g/mol. The Balaban J connectivity index is 0.000000356. The second-order valence-corrected chi connectivity index (χ2v) is 5.64. The van der Waals surface area contributed by atoms with E-state index in [2.05, 4.69) is 0 Å². The van der Waals surface area contributed by atoms with Gasteiger partial charge in [0.25, 0.3) is 0 Å². The van der Waals surface area contributed by atoms with Gasteiger partial charge >= 0.3 is 0 Å². The first-order chi connectivity index (χ1) is 13.6. The summed E-state index contributed by atoms with van der Waals surface area (Å²) in [4.78, 5) is 0. The summed E-state index contributed by atoms with van der Waals surface area (Å²) >= 11 is 0. The Hall–Kier alpha value is -3.23. The molecule has 0 aliphatic carbocycles. The van der Waals surface area contributed by atoms with Crippen LogP contribution in [-0.4, -0.2) is 0 Å². The summed E-state index contributed by atoms with van der Waals surface area (Å²) < 4.78 is 0. The van der Waals surface area contributed by atoms with E-state index in [-0.39, 0.29) is 21.1 Å². The number of hydrogen-bond donors (Lipinski definition) is 4. The van der Waals surface area contributed by atoms with Crippen LogP contribution in [0, 0.1) is 0 Å². The van der Waals surface area contributed by atoms with E-state index in [9.17, 15) is 0 Å². The Bertz CT molecular complexity index is 693. The molecule has 0 radical (unpaired) electrons. The molecule has 4 rings (SSSR count). The van der Waals surface area contributed by atoms with Crippen molar-refractivity contribution in [1.29, 1.82) is 0 Å². The molecule has 0 unspecified atom stereocenters. The van der Waals surface area contributed by atoms with Crippen molar-refractivity contribution < 1.29 is 21.1 Å². The molecule has 0 spiro atoms. The van der Waals surface area contributed by atoms with Crippen molar-refractivity contribution in [3.05, 3.63) is 121 Å². The van der Waals surface area contributed by atoms with E-state index >= 15 is 0 Å². The zero-order valence-electron chi connectivity index (χ0n) is 16.2. The minimum absolute atomic E-state index is 0. The van der Waals surface area contributed by atoms with E-state index < -0.39 is 0 Å². The number of benzene rings is 4. The quantitative estimate of drug-likeness (QED) is 0.223. The number of para-hydroxylation sites is 4. The molecule has 0 saturated heterocycles. The molecule has 0 aliphatic rings. The van der Waals surface area contributed by atoms with Crippen molar-refractivity contribution in [1.82, 2.24) is 0 Å². The summed E-state index contributed by atoms with van der Waals surface area (Å²) in [5, 5.41) is 0. The van der Waals surface area contributed by atoms with Gasteiger partial charge in [-0.3, -0.25) is 0 Å². The molecular formula is C24H28N4Pt. The first-order valence-electron chi connectivity index (χ1n) is 8.80. The van der Waals surface area contributed by atoms with Crippen molar-refractivity contribution in [3.63, 3.8) is 0 Å². The molecule has 29 heavy (non-hydrogen) atoms. The van der Waals surface area contributed by atoms with Gasteiger partial charge in [0.1, 0.15) is 0 Å². The number of anilines is 4. The third kappa shape index (κ3) is 15.5. The van der Waals surface area contributed by atoms with E-state index in [1.807, 2.05) is 121 Å². The average Bonchev–Trinajstić information content (AvgIpc) is 2.72. The second kappa shape index (κ2) is 16.9. The van der Waals surface area contributed by atoms with Crippen molar-refractivity contribution in [2.75, 3.05) is 22.9 Å². The summed E-state index contributed by atoms with van der Waals surface area (Å²) in [7, 11) is 0. The van der Waals surface area contributed by atoms with Crippen LogP contribution in [0.4, 0.5) is 22.7 Å². The first-order valence-corrected chi connectivity index (χ1v) is 8.80. The molecule has 0 fully saturated rings. The van der Waals surface area contributed by atoms with Crippen molar-refractivity contribution in [3.8, 4) is 0 Å². The molecular weight excluding hydrogens is 539 g/mol. The molecule has 4 aromatic carbocycles. The third-order valence-electron chi connectivity index (χ3n) is 3.20. The van der Waals surface area contributed by atoms with Gasteiger partial charge in [0.15, 0.2) is 0 Å². The van der Waals surface area contributed by atoms with Crippen LogP contribution in [0.5, 0.6) is 0 Å².